The van der Waals surface area contributed by atoms with Crippen molar-refractivity contribution < 1.29 is 13.9 Å². The Morgan fingerprint density at radius 3 is 2.76 bits per heavy atom. The second kappa shape index (κ2) is 9.02. The lowest BCUT2D eigenvalue weighted by molar-refractivity contribution is 0.0479. The average molecular weight is 345 g/mol. The number of rotatable bonds is 7. The van der Waals surface area contributed by atoms with Gasteiger partial charge in [-0.15, -0.1) is 0 Å². The van der Waals surface area contributed by atoms with Gasteiger partial charge in [0.2, 0.25) is 0 Å². The molecule has 0 radical (unpaired) electrons. The van der Waals surface area contributed by atoms with Gasteiger partial charge in [0.05, 0.1) is 12.7 Å². The van der Waals surface area contributed by atoms with Crippen LogP contribution in [-0.2, 0) is 11.3 Å². The smallest absolute Gasteiger partial charge is 0.410 e. The van der Waals surface area contributed by atoms with Crippen molar-refractivity contribution in [1.29, 1.82) is 0 Å². The van der Waals surface area contributed by atoms with Crippen LogP contribution in [0.5, 0.6) is 0 Å². The topological polar surface area (TPSA) is 29.5 Å². The normalized spacial score (nSPS) is 22.4. The Labute approximate surface area is 149 Å². The molecule has 3 rings (SSSR count). The molecule has 136 valence electrons. The second-order valence-corrected chi connectivity index (χ2v) is 7.13. The molecular weight excluding hydrogens is 317 g/mol. The van der Waals surface area contributed by atoms with Crippen LogP contribution in [0.15, 0.2) is 42.0 Å². The Morgan fingerprint density at radius 1 is 1.16 bits per heavy atom. The predicted molar refractivity (Wildman–Crippen MR) is 97.0 cm³/mol. The molecule has 1 aromatic carbocycles. The summed E-state index contributed by atoms with van der Waals surface area (Å²) < 4.78 is 17.8. The van der Waals surface area contributed by atoms with Crippen molar-refractivity contribution in [2.24, 2.45) is 0 Å². The lowest BCUT2D eigenvalue weighted by atomic mass is 9.84. The number of hydrogen-bond donors (Lipinski definition) is 0. The highest BCUT2D eigenvalue weighted by Crippen LogP contribution is 2.35. The van der Waals surface area contributed by atoms with Crippen LogP contribution >= 0.6 is 0 Å². The van der Waals surface area contributed by atoms with Gasteiger partial charge in [-0.2, -0.15) is 0 Å². The van der Waals surface area contributed by atoms with Gasteiger partial charge in [-0.1, -0.05) is 48.4 Å². The zero-order valence-electron chi connectivity index (χ0n) is 14.8. The first kappa shape index (κ1) is 18.0. The number of halogens is 1. The van der Waals surface area contributed by atoms with E-state index in [0.717, 1.165) is 44.1 Å². The zero-order valence-corrected chi connectivity index (χ0v) is 14.8. The Balaban J connectivity index is 1.56. The third kappa shape index (κ3) is 4.83. The summed E-state index contributed by atoms with van der Waals surface area (Å²) in [5.74, 6) is 0. The van der Waals surface area contributed by atoms with Gasteiger partial charge in [0.25, 0.3) is 0 Å². The van der Waals surface area contributed by atoms with Crippen molar-refractivity contribution in [1.82, 2.24) is 4.90 Å². The van der Waals surface area contributed by atoms with Crippen molar-refractivity contribution in [3.8, 4) is 0 Å². The number of benzene rings is 1. The molecule has 0 spiro atoms. The van der Waals surface area contributed by atoms with E-state index in [2.05, 4.69) is 6.08 Å². The maximum Gasteiger partial charge on any atom is 0.410 e. The van der Waals surface area contributed by atoms with E-state index in [9.17, 15) is 9.18 Å². The summed E-state index contributed by atoms with van der Waals surface area (Å²) in [6.45, 7) is 0.112. The molecule has 0 aliphatic carbocycles. The summed E-state index contributed by atoms with van der Waals surface area (Å²) in [4.78, 5) is 14.6. The second-order valence-electron chi connectivity index (χ2n) is 7.13. The minimum absolute atomic E-state index is 0.173. The van der Waals surface area contributed by atoms with Crippen molar-refractivity contribution in [3.63, 3.8) is 0 Å². The van der Waals surface area contributed by atoms with Crippen LogP contribution in [0.1, 0.15) is 56.9 Å². The minimum atomic E-state index is -0.217. The summed E-state index contributed by atoms with van der Waals surface area (Å²) in [5.41, 5.74) is 2.46. The van der Waals surface area contributed by atoms with E-state index in [0.29, 0.717) is 13.0 Å². The molecule has 3 nitrogen and oxygen atoms in total. The fourth-order valence-corrected chi connectivity index (χ4v) is 4.01. The number of fused-ring (bicyclic) bond motifs is 2. The number of alkyl halides is 1. The van der Waals surface area contributed by atoms with Gasteiger partial charge in [-0.3, -0.25) is 9.29 Å². The summed E-state index contributed by atoms with van der Waals surface area (Å²) >= 11 is 0. The third-order valence-electron chi connectivity index (χ3n) is 5.26. The predicted octanol–water partition coefficient (Wildman–Crippen LogP) is 5.41. The van der Waals surface area contributed by atoms with E-state index in [1.807, 2.05) is 35.2 Å². The number of hydrogen-bond acceptors (Lipinski definition) is 2. The van der Waals surface area contributed by atoms with E-state index in [1.165, 1.54) is 12.0 Å². The number of piperidine rings is 1. The lowest BCUT2D eigenvalue weighted by Crippen LogP contribution is -2.51. The summed E-state index contributed by atoms with van der Waals surface area (Å²) in [6.07, 6.45) is 9.98. The van der Waals surface area contributed by atoms with Crippen LogP contribution in [0.2, 0.25) is 0 Å². The number of ether oxygens (including phenoxy) is 1. The van der Waals surface area contributed by atoms with Crippen LogP contribution in [0.3, 0.4) is 0 Å². The molecule has 2 heterocycles. The van der Waals surface area contributed by atoms with E-state index >= 15 is 0 Å². The maximum atomic E-state index is 12.6. The number of nitrogens with zero attached hydrogens (tertiary/aromatic N) is 1. The Morgan fingerprint density at radius 2 is 2.00 bits per heavy atom. The molecule has 1 saturated heterocycles. The number of carbonyl (C=O) groups excluding carboxylic acids is 1. The molecule has 0 aromatic heterocycles. The van der Waals surface area contributed by atoms with Crippen LogP contribution < -0.4 is 0 Å². The lowest BCUT2D eigenvalue weighted by Gasteiger charge is -2.44. The highest BCUT2D eigenvalue weighted by molar-refractivity contribution is 5.69. The molecule has 2 unspecified atom stereocenters. The van der Waals surface area contributed by atoms with Gasteiger partial charge in [-0.25, -0.2) is 4.79 Å². The average Bonchev–Trinajstić information content (AvgIpc) is 2.63. The van der Waals surface area contributed by atoms with E-state index in [-0.39, 0.29) is 24.9 Å². The summed E-state index contributed by atoms with van der Waals surface area (Å²) in [7, 11) is 0. The van der Waals surface area contributed by atoms with Gasteiger partial charge in [0, 0.05) is 6.04 Å². The minimum Gasteiger partial charge on any atom is -0.445 e. The standard InChI is InChI=1S/C21H28FNO2/c22-13-6-2-5-10-18-14-19-11-7-12-20(15-18)23(19)21(24)25-16-17-8-3-1-4-9-17/h1,3-4,8-9,14,19-20H,2,5-7,10-13,15-16H2. The molecule has 0 saturated carbocycles. The Hall–Kier alpha value is -1.84. The molecule has 2 aliphatic heterocycles. The first-order chi connectivity index (χ1) is 12.3. The van der Waals surface area contributed by atoms with E-state index in [4.69, 9.17) is 4.74 Å². The van der Waals surface area contributed by atoms with Gasteiger partial charge >= 0.3 is 6.09 Å². The molecule has 2 atom stereocenters. The van der Waals surface area contributed by atoms with Gasteiger partial charge < -0.3 is 4.74 Å². The SMILES string of the molecule is O=C(OCc1ccccc1)N1C2C=C(CCCCCF)CC1CCC2. The monoisotopic (exact) mass is 345 g/mol. The molecule has 1 fully saturated rings. The number of carbonyl (C=O) groups is 1. The van der Waals surface area contributed by atoms with Crippen molar-refractivity contribution in [2.45, 2.75) is 70.1 Å². The molecule has 4 heteroatoms. The number of amides is 1. The molecule has 25 heavy (non-hydrogen) atoms. The molecule has 2 bridgehead atoms. The molecule has 0 N–H and O–H groups in total. The van der Waals surface area contributed by atoms with Crippen LogP contribution in [0.4, 0.5) is 9.18 Å². The summed E-state index contributed by atoms with van der Waals surface area (Å²) in [5, 5.41) is 0. The van der Waals surface area contributed by atoms with Gasteiger partial charge in [-0.05, 0) is 50.5 Å². The van der Waals surface area contributed by atoms with Crippen LogP contribution in [0.25, 0.3) is 0 Å². The molecule has 2 aliphatic rings. The molecular formula is C21H28FNO2. The highest BCUT2D eigenvalue weighted by atomic mass is 19.1. The summed E-state index contributed by atoms with van der Waals surface area (Å²) in [6, 6.07) is 10.3. The maximum absolute atomic E-state index is 12.6. The fourth-order valence-electron chi connectivity index (χ4n) is 4.01. The van der Waals surface area contributed by atoms with Crippen molar-refractivity contribution >= 4 is 6.09 Å². The Bertz CT molecular complexity index is 587. The van der Waals surface area contributed by atoms with Crippen LogP contribution in [-0.4, -0.2) is 29.8 Å². The number of unbranched alkanes of at least 4 members (excludes halogenated alkanes) is 2. The quantitative estimate of drug-likeness (QED) is 0.489. The third-order valence-corrected chi connectivity index (χ3v) is 5.26. The zero-order chi connectivity index (χ0) is 17.5. The highest BCUT2D eigenvalue weighted by Gasteiger charge is 2.37. The van der Waals surface area contributed by atoms with Gasteiger partial charge in [0.15, 0.2) is 0 Å². The molecule has 1 amide bonds. The Kier molecular flexibility index (Phi) is 6.48. The first-order valence-electron chi connectivity index (χ1n) is 9.52. The first-order valence-corrected chi connectivity index (χ1v) is 9.52. The van der Waals surface area contributed by atoms with Gasteiger partial charge in [0.1, 0.15) is 6.61 Å². The molecule has 1 aromatic rings. The van der Waals surface area contributed by atoms with Crippen molar-refractivity contribution in [2.75, 3.05) is 6.67 Å². The van der Waals surface area contributed by atoms with Crippen molar-refractivity contribution in [3.05, 3.63) is 47.5 Å². The van der Waals surface area contributed by atoms with E-state index in [1.54, 1.807) is 0 Å². The van der Waals surface area contributed by atoms with Crippen LogP contribution in [0, 0.1) is 0 Å². The van der Waals surface area contributed by atoms with E-state index < -0.39 is 0 Å². The fraction of sp³-hybridized carbons (Fsp3) is 0.571. The largest absolute Gasteiger partial charge is 0.445 e.